The number of aryl methyl sites for hydroxylation is 2. The van der Waals surface area contributed by atoms with E-state index in [1.54, 1.807) is 11.3 Å². The van der Waals surface area contributed by atoms with Gasteiger partial charge in [0.1, 0.15) is 0 Å². The van der Waals surface area contributed by atoms with Crippen molar-refractivity contribution < 1.29 is 4.79 Å². The number of piperazine rings is 1. The first-order valence-corrected chi connectivity index (χ1v) is 9.61. The lowest BCUT2D eigenvalue weighted by atomic mass is 10.0. The van der Waals surface area contributed by atoms with Crippen LogP contribution in [0, 0.1) is 0 Å². The first-order chi connectivity index (χ1) is 11.7. The van der Waals surface area contributed by atoms with Crippen LogP contribution in [0.4, 0.5) is 0 Å². The Morgan fingerprint density at radius 2 is 1.96 bits per heavy atom. The molecule has 0 saturated carbocycles. The molecule has 1 fully saturated rings. The summed E-state index contributed by atoms with van der Waals surface area (Å²) in [7, 11) is 0. The van der Waals surface area contributed by atoms with Crippen LogP contribution >= 0.6 is 36.2 Å². The van der Waals surface area contributed by atoms with Crippen molar-refractivity contribution in [3.8, 4) is 0 Å². The number of nitrogens with one attached hydrogen (secondary N) is 1. The van der Waals surface area contributed by atoms with Gasteiger partial charge in [0, 0.05) is 25.0 Å². The highest BCUT2D eigenvalue weighted by Gasteiger charge is 2.28. The van der Waals surface area contributed by atoms with E-state index in [1.807, 2.05) is 10.3 Å². The first kappa shape index (κ1) is 22.9. The molecule has 1 unspecified atom stereocenters. The Balaban J connectivity index is 0.00000169. The molecule has 1 atom stereocenters. The van der Waals surface area contributed by atoms with Gasteiger partial charge < -0.3 is 10.2 Å². The van der Waals surface area contributed by atoms with Crippen molar-refractivity contribution >= 4 is 42.1 Å². The molecule has 1 aliphatic rings. The van der Waals surface area contributed by atoms with Crippen LogP contribution in [0.5, 0.6) is 0 Å². The fourth-order valence-electron chi connectivity index (χ4n) is 3.13. The van der Waals surface area contributed by atoms with E-state index in [0.29, 0.717) is 6.42 Å². The number of aromatic nitrogens is 1. The van der Waals surface area contributed by atoms with E-state index in [2.05, 4.69) is 48.4 Å². The van der Waals surface area contributed by atoms with E-state index < -0.39 is 0 Å². The highest BCUT2D eigenvalue weighted by Crippen LogP contribution is 2.24. The molecule has 26 heavy (non-hydrogen) atoms. The van der Waals surface area contributed by atoms with Crippen molar-refractivity contribution in [2.24, 2.45) is 0 Å². The molecule has 0 spiro atoms. The number of halogens is 2. The van der Waals surface area contributed by atoms with Crippen LogP contribution in [0.2, 0.25) is 0 Å². The van der Waals surface area contributed by atoms with Crippen LogP contribution in [-0.4, -0.2) is 35.4 Å². The van der Waals surface area contributed by atoms with Gasteiger partial charge in [0.25, 0.3) is 0 Å². The van der Waals surface area contributed by atoms with Crippen LogP contribution in [0.25, 0.3) is 0 Å². The summed E-state index contributed by atoms with van der Waals surface area (Å²) in [6.07, 6.45) is 2.37. The fraction of sp³-hybridized carbons (Fsp3) is 0.474. The van der Waals surface area contributed by atoms with E-state index in [9.17, 15) is 4.79 Å². The average molecular weight is 416 g/mol. The number of hydrogen-bond acceptors (Lipinski definition) is 4. The van der Waals surface area contributed by atoms with E-state index in [-0.39, 0.29) is 36.8 Å². The van der Waals surface area contributed by atoms with Crippen molar-refractivity contribution in [3.63, 3.8) is 0 Å². The molecule has 0 bridgehead atoms. The molecule has 2 aromatic rings. The largest absolute Gasteiger partial charge is 0.333 e. The Morgan fingerprint density at radius 1 is 1.23 bits per heavy atom. The maximum atomic E-state index is 12.8. The molecule has 1 amide bonds. The molecular weight excluding hydrogens is 389 g/mol. The zero-order valence-electron chi connectivity index (χ0n) is 15.2. The molecule has 0 aliphatic carbocycles. The normalized spacial score (nSPS) is 16.5. The number of amides is 1. The number of thiazole rings is 1. The van der Waals surface area contributed by atoms with Crippen molar-refractivity contribution in [3.05, 3.63) is 51.5 Å². The predicted molar refractivity (Wildman–Crippen MR) is 113 cm³/mol. The van der Waals surface area contributed by atoms with E-state index in [1.165, 1.54) is 11.1 Å². The number of carbonyl (C=O) groups excluding carboxylic acids is 1. The lowest BCUT2D eigenvalue weighted by Gasteiger charge is -2.36. The number of rotatable bonds is 5. The van der Waals surface area contributed by atoms with Gasteiger partial charge >= 0.3 is 0 Å². The second kappa shape index (κ2) is 10.9. The molecule has 2 heterocycles. The van der Waals surface area contributed by atoms with Gasteiger partial charge in [-0.2, -0.15) is 0 Å². The highest BCUT2D eigenvalue weighted by molar-refractivity contribution is 7.09. The van der Waals surface area contributed by atoms with Crippen LogP contribution in [0.15, 0.2) is 29.6 Å². The standard InChI is InChI=1S/C19H25N3OS.2ClH/c1-3-14-5-7-15(8-6-14)17-12-20-9-10-22(17)19(23)11-16-13-24-18(4-2)21-16;;/h5-8,13,17,20H,3-4,9-12H2,1-2H3;2*1H. The molecule has 3 rings (SSSR count). The number of hydrogen-bond donors (Lipinski definition) is 1. The number of carbonyl (C=O) groups is 1. The van der Waals surface area contributed by atoms with Crippen LogP contribution in [0.1, 0.15) is 41.7 Å². The quantitative estimate of drug-likeness (QED) is 0.806. The molecule has 1 aliphatic heterocycles. The zero-order chi connectivity index (χ0) is 16.9. The van der Waals surface area contributed by atoms with Crippen LogP contribution in [0.3, 0.4) is 0 Å². The molecule has 7 heteroatoms. The summed E-state index contributed by atoms with van der Waals surface area (Å²) in [5.41, 5.74) is 3.44. The Morgan fingerprint density at radius 3 is 2.58 bits per heavy atom. The lowest BCUT2D eigenvalue weighted by Crippen LogP contribution is -2.49. The molecule has 1 aromatic carbocycles. The molecule has 0 radical (unpaired) electrons. The lowest BCUT2D eigenvalue weighted by molar-refractivity contribution is -0.133. The van der Waals surface area contributed by atoms with E-state index >= 15 is 0 Å². The summed E-state index contributed by atoms with van der Waals surface area (Å²) < 4.78 is 0. The maximum absolute atomic E-state index is 12.8. The van der Waals surface area contributed by atoms with Gasteiger partial charge in [-0.05, 0) is 24.0 Å². The third kappa shape index (κ3) is 5.43. The third-order valence-electron chi connectivity index (χ3n) is 4.57. The Kier molecular flexibility index (Phi) is 9.58. The summed E-state index contributed by atoms with van der Waals surface area (Å²) >= 11 is 1.65. The van der Waals surface area contributed by atoms with Crippen molar-refractivity contribution in [1.29, 1.82) is 0 Å². The van der Waals surface area contributed by atoms with Crippen molar-refractivity contribution in [1.82, 2.24) is 15.2 Å². The SMILES string of the molecule is CCc1ccc(C2CNCCN2C(=O)Cc2csc(CC)n2)cc1.Cl.Cl. The number of nitrogens with zero attached hydrogens (tertiary/aromatic N) is 2. The van der Waals surface area contributed by atoms with E-state index in [0.717, 1.165) is 43.2 Å². The van der Waals surface area contributed by atoms with Crippen LogP contribution in [-0.2, 0) is 24.1 Å². The van der Waals surface area contributed by atoms with Gasteiger partial charge in [-0.3, -0.25) is 4.79 Å². The van der Waals surface area contributed by atoms with Crippen molar-refractivity contribution in [2.45, 2.75) is 39.2 Å². The van der Waals surface area contributed by atoms with E-state index in [4.69, 9.17) is 0 Å². The number of benzene rings is 1. The smallest absolute Gasteiger partial charge is 0.229 e. The van der Waals surface area contributed by atoms with Gasteiger partial charge in [0.05, 0.1) is 23.2 Å². The summed E-state index contributed by atoms with van der Waals surface area (Å²) in [5, 5.41) is 6.54. The Labute approximate surface area is 172 Å². The summed E-state index contributed by atoms with van der Waals surface area (Å²) in [6.45, 7) is 6.67. The van der Waals surface area contributed by atoms with Gasteiger partial charge in [-0.1, -0.05) is 38.1 Å². The summed E-state index contributed by atoms with van der Waals surface area (Å²) in [4.78, 5) is 19.4. The summed E-state index contributed by atoms with van der Waals surface area (Å²) in [6, 6.07) is 8.77. The minimum Gasteiger partial charge on any atom is -0.333 e. The Bertz CT molecular complexity index is 690. The molecule has 1 aromatic heterocycles. The molecule has 1 saturated heterocycles. The minimum atomic E-state index is 0. The minimum absolute atomic E-state index is 0. The molecular formula is C19H27Cl2N3OS. The monoisotopic (exact) mass is 415 g/mol. The van der Waals surface area contributed by atoms with Crippen molar-refractivity contribution in [2.75, 3.05) is 19.6 Å². The van der Waals surface area contributed by atoms with Gasteiger partial charge in [0.15, 0.2) is 0 Å². The predicted octanol–water partition coefficient (Wildman–Crippen LogP) is 3.83. The fourth-order valence-corrected chi connectivity index (χ4v) is 3.87. The summed E-state index contributed by atoms with van der Waals surface area (Å²) in [5.74, 6) is 0.175. The van der Waals surface area contributed by atoms with Crippen LogP contribution < -0.4 is 5.32 Å². The second-order valence-electron chi connectivity index (χ2n) is 6.17. The van der Waals surface area contributed by atoms with Gasteiger partial charge in [-0.15, -0.1) is 36.2 Å². The topological polar surface area (TPSA) is 45.2 Å². The average Bonchev–Trinajstić information content (AvgIpc) is 3.09. The van der Waals surface area contributed by atoms with Gasteiger partial charge in [0.2, 0.25) is 5.91 Å². The Hall–Kier alpha value is -1.14. The molecule has 4 nitrogen and oxygen atoms in total. The first-order valence-electron chi connectivity index (χ1n) is 8.73. The third-order valence-corrected chi connectivity index (χ3v) is 5.61. The molecule has 1 N–H and O–H groups in total. The van der Waals surface area contributed by atoms with Gasteiger partial charge in [-0.25, -0.2) is 4.98 Å². The molecule has 144 valence electrons. The second-order valence-corrected chi connectivity index (χ2v) is 7.11. The highest BCUT2D eigenvalue weighted by atomic mass is 35.5. The zero-order valence-corrected chi connectivity index (χ0v) is 17.7. The maximum Gasteiger partial charge on any atom is 0.229 e.